The number of carbonyl (C=O) groups excluding carboxylic acids is 1. The minimum atomic E-state index is -3.50. The fourth-order valence-electron chi connectivity index (χ4n) is 4.82. The first-order valence-corrected chi connectivity index (χ1v) is 13.3. The zero-order valence-electron chi connectivity index (χ0n) is 20.5. The summed E-state index contributed by atoms with van der Waals surface area (Å²) in [6, 6.07) is 10.1. The van der Waals surface area contributed by atoms with Gasteiger partial charge in [0.15, 0.2) is 0 Å². The topological polar surface area (TPSA) is 75.7 Å². The van der Waals surface area contributed by atoms with Gasteiger partial charge in [-0.3, -0.25) is 9.38 Å². The number of piperazine rings is 1. The standard InChI is InChI=1S/C26H33FN3O4S/c1-5-26(31)30(4)13-12-29(16-19(30)3)17-24(20-7-6-18(2)23(27)15-20)34-22-8-9-25-21(14-22)10-11-28-35(25,32)33/h5-9,14-15,19,24,28H,1,10-13,16-17H2,2-4H3/q+1/t19-,24?,30?/m1/s1. The van der Waals surface area contributed by atoms with Crippen molar-refractivity contribution in [3.8, 4) is 5.75 Å². The number of sulfonamides is 1. The highest BCUT2D eigenvalue weighted by atomic mass is 32.2. The first-order valence-electron chi connectivity index (χ1n) is 11.8. The molecule has 2 heterocycles. The average Bonchev–Trinajstić information content (AvgIpc) is 2.82. The Kier molecular flexibility index (Phi) is 7.15. The number of halogens is 1. The van der Waals surface area contributed by atoms with Crippen LogP contribution in [0.15, 0.2) is 53.9 Å². The molecular weight excluding hydrogens is 469 g/mol. The number of benzene rings is 2. The molecule has 35 heavy (non-hydrogen) atoms. The highest BCUT2D eigenvalue weighted by Gasteiger charge is 2.41. The van der Waals surface area contributed by atoms with E-state index in [1.165, 1.54) is 12.1 Å². The van der Waals surface area contributed by atoms with Crippen LogP contribution in [0.3, 0.4) is 0 Å². The molecule has 2 aliphatic heterocycles. The molecular formula is C26H33FN3O4S+. The fraction of sp³-hybridized carbons (Fsp3) is 0.423. The Bertz CT molecular complexity index is 1250. The summed E-state index contributed by atoms with van der Waals surface area (Å²) in [6.45, 7) is 10.3. The molecule has 0 saturated carbocycles. The van der Waals surface area contributed by atoms with Crippen LogP contribution in [-0.4, -0.2) is 69.5 Å². The molecule has 0 aromatic heterocycles. The van der Waals surface area contributed by atoms with Gasteiger partial charge in [0.05, 0.1) is 25.0 Å². The van der Waals surface area contributed by atoms with E-state index in [0.717, 1.165) is 0 Å². The van der Waals surface area contributed by atoms with E-state index in [4.69, 9.17) is 4.74 Å². The quantitative estimate of drug-likeness (QED) is 0.486. The molecule has 2 unspecified atom stereocenters. The lowest BCUT2D eigenvalue weighted by molar-refractivity contribution is -0.861. The van der Waals surface area contributed by atoms with Crippen molar-refractivity contribution in [1.29, 1.82) is 0 Å². The SMILES string of the molecule is C=CC(=O)[N+]1(C)CCN(CC(Oc2ccc3c(c2)CCNS3(=O)=O)c2ccc(C)c(F)c2)C[C@H]1C. The molecule has 1 saturated heterocycles. The summed E-state index contributed by atoms with van der Waals surface area (Å²) in [7, 11) is -1.56. The number of nitrogens with one attached hydrogen (secondary N) is 1. The molecule has 9 heteroatoms. The van der Waals surface area contributed by atoms with Crippen LogP contribution < -0.4 is 9.46 Å². The van der Waals surface area contributed by atoms with Gasteiger partial charge in [-0.15, -0.1) is 0 Å². The van der Waals surface area contributed by atoms with Crippen molar-refractivity contribution >= 4 is 15.9 Å². The zero-order chi connectivity index (χ0) is 25.4. The van der Waals surface area contributed by atoms with Crippen LogP contribution in [0.25, 0.3) is 0 Å². The fourth-order valence-corrected chi connectivity index (χ4v) is 6.10. The number of aryl methyl sites for hydroxylation is 1. The van der Waals surface area contributed by atoms with Crippen LogP contribution in [0.5, 0.6) is 5.75 Å². The number of carbonyl (C=O) groups is 1. The van der Waals surface area contributed by atoms with E-state index >= 15 is 0 Å². The van der Waals surface area contributed by atoms with E-state index in [1.54, 1.807) is 31.2 Å². The van der Waals surface area contributed by atoms with Crippen molar-refractivity contribution in [2.45, 2.75) is 37.3 Å². The summed E-state index contributed by atoms with van der Waals surface area (Å²) < 4.78 is 48.2. The van der Waals surface area contributed by atoms with Crippen molar-refractivity contribution in [3.63, 3.8) is 0 Å². The van der Waals surface area contributed by atoms with Gasteiger partial charge < -0.3 is 4.74 Å². The Morgan fingerprint density at radius 1 is 1.34 bits per heavy atom. The summed E-state index contributed by atoms with van der Waals surface area (Å²) in [6.07, 6.45) is 1.49. The number of likely N-dealkylation sites (N-methyl/N-ethyl adjacent to an activating group) is 1. The molecule has 0 aliphatic carbocycles. The van der Waals surface area contributed by atoms with Crippen molar-refractivity contribution in [3.05, 3.63) is 71.6 Å². The Balaban J connectivity index is 1.59. The predicted octanol–water partition coefficient (Wildman–Crippen LogP) is 2.95. The number of fused-ring (bicyclic) bond motifs is 1. The number of quaternary nitrogens is 1. The van der Waals surface area contributed by atoms with Crippen LogP contribution in [0.1, 0.15) is 29.7 Å². The Hall–Kier alpha value is -2.59. The van der Waals surface area contributed by atoms with Crippen LogP contribution in [0.4, 0.5) is 4.39 Å². The molecule has 7 nitrogen and oxygen atoms in total. The lowest BCUT2D eigenvalue weighted by Gasteiger charge is -2.45. The maximum Gasteiger partial charge on any atom is 0.338 e. The van der Waals surface area contributed by atoms with Crippen molar-refractivity contribution in [2.24, 2.45) is 0 Å². The lowest BCUT2D eigenvalue weighted by atomic mass is 10.0. The van der Waals surface area contributed by atoms with E-state index < -0.39 is 16.1 Å². The molecule has 0 spiro atoms. The third kappa shape index (κ3) is 5.18. The average molecular weight is 503 g/mol. The summed E-state index contributed by atoms with van der Waals surface area (Å²) in [5, 5.41) is 0. The van der Waals surface area contributed by atoms with Gasteiger partial charge in [0.2, 0.25) is 10.0 Å². The molecule has 4 rings (SSSR count). The molecule has 1 N–H and O–H groups in total. The molecule has 188 valence electrons. The van der Waals surface area contributed by atoms with Gasteiger partial charge in [0, 0.05) is 25.7 Å². The number of ether oxygens (including phenoxy) is 1. The third-order valence-corrected chi connectivity index (χ3v) is 8.89. The second-order valence-corrected chi connectivity index (χ2v) is 11.4. The molecule has 0 radical (unpaired) electrons. The van der Waals surface area contributed by atoms with Crippen LogP contribution in [0.2, 0.25) is 0 Å². The first kappa shape index (κ1) is 25.5. The summed E-state index contributed by atoms with van der Waals surface area (Å²) in [5.41, 5.74) is 1.97. The van der Waals surface area contributed by atoms with Gasteiger partial charge in [-0.1, -0.05) is 18.7 Å². The molecule has 3 atom stereocenters. The largest absolute Gasteiger partial charge is 0.484 e. The van der Waals surface area contributed by atoms with E-state index in [-0.39, 0.29) is 22.7 Å². The zero-order valence-corrected chi connectivity index (χ0v) is 21.3. The molecule has 1 fully saturated rings. The highest BCUT2D eigenvalue weighted by molar-refractivity contribution is 7.89. The number of amides is 1. The van der Waals surface area contributed by atoms with Crippen LogP contribution in [-0.2, 0) is 21.2 Å². The number of nitrogens with zero attached hydrogens (tertiary/aromatic N) is 2. The molecule has 2 aromatic rings. The Labute approximate surface area is 206 Å². The normalized spacial score (nSPS) is 24.9. The van der Waals surface area contributed by atoms with Crippen LogP contribution >= 0.6 is 0 Å². The van der Waals surface area contributed by atoms with Crippen molar-refractivity contribution < 1.29 is 26.8 Å². The minimum absolute atomic E-state index is 0.00376. The Morgan fingerprint density at radius 2 is 2.11 bits per heavy atom. The highest BCUT2D eigenvalue weighted by Crippen LogP contribution is 2.30. The number of hydrogen-bond acceptors (Lipinski definition) is 5. The molecule has 2 aliphatic rings. The lowest BCUT2D eigenvalue weighted by Crippen LogP contribution is -2.65. The minimum Gasteiger partial charge on any atom is -0.484 e. The van der Waals surface area contributed by atoms with E-state index in [2.05, 4.69) is 16.2 Å². The smallest absolute Gasteiger partial charge is 0.338 e. The first-order chi connectivity index (χ1) is 16.5. The maximum absolute atomic E-state index is 14.5. The maximum atomic E-state index is 14.5. The summed E-state index contributed by atoms with van der Waals surface area (Å²) >= 11 is 0. The van der Waals surface area contributed by atoms with Gasteiger partial charge in [-0.2, -0.15) is 0 Å². The van der Waals surface area contributed by atoms with Gasteiger partial charge in [0.25, 0.3) is 0 Å². The molecule has 2 aromatic carbocycles. The van der Waals surface area contributed by atoms with E-state index in [9.17, 15) is 17.6 Å². The predicted molar refractivity (Wildman–Crippen MR) is 132 cm³/mol. The van der Waals surface area contributed by atoms with Crippen LogP contribution in [0, 0.1) is 12.7 Å². The summed E-state index contributed by atoms with van der Waals surface area (Å²) in [5.74, 6) is 0.245. The number of hydrogen-bond donors (Lipinski definition) is 1. The second kappa shape index (κ2) is 9.81. The van der Waals surface area contributed by atoms with Gasteiger partial charge in [0.1, 0.15) is 23.7 Å². The monoisotopic (exact) mass is 502 g/mol. The molecule has 0 bridgehead atoms. The van der Waals surface area contributed by atoms with Gasteiger partial charge in [-0.05, 0) is 61.2 Å². The van der Waals surface area contributed by atoms with Gasteiger partial charge >= 0.3 is 5.91 Å². The Morgan fingerprint density at radius 3 is 2.80 bits per heavy atom. The van der Waals surface area contributed by atoms with E-state index in [1.807, 2.05) is 20.0 Å². The summed E-state index contributed by atoms with van der Waals surface area (Å²) in [4.78, 5) is 14.9. The number of rotatable bonds is 6. The van der Waals surface area contributed by atoms with E-state index in [0.29, 0.717) is 66.1 Å². The third-order valence-electron chi connectivity index (χ3n) is 7.33. The second-order valence-electron chi connectivity index (χ2n) is 9.67. The van der Waals surface area contributed by atoms with Crippen molar-refractivity contribution in [2.75, 3.05) is 39.8 Å². The van der Waals surface area contributed by atoms with Gasteiger partial charge in [-0.25, -0.2) is 22.3 Å². The molecule has 1 amide bonds. The van der Waals surface area contributed by atoms with Crippen molar-refractivity contribution in [1.82, 2.24) is 9.62 Å².